The number of carbonyl (C=O) groups excluding carboxylic acids is 2. The predicted molar refractivity (Wildman–Crippen MR) is 144 cm³/mol. The molecule has 1 aliphatic heterocycles. The van der Waals surface area contributed by atoms with Gasteiger partial charge in [0.25, 0.3) is 11.8 Å². The van der Waals surface area contributed by atoms with Crippen LogP contribution in [0.2, 0.25) is 0 Å². The van der Waals surface area contributed by atoms with Gasteiger partial charge in [0, 0.05) is 24.7 Å². The van der Waals surface area contributed by atoms with Crippen molar-refractivity contribution in [2.45, 2.75) is 31.6 Å². The highest BCUT2D eigenvalue weighted by Crippen LogP contribution is 2.42. The second kappa shape index (κ2) is 11.6. The first-order valence-corrected chi connectivity index (χ1v) is 12.5. The van der Waals surface area contributed by atoms with Crippen molar-refractivity contribution in [1.82, 2.24) is 5.32 Å². The van der Waals surface area contributed by atoms with Crippen LogP contribution in [0, 0.1) is 13.8 Å². The SMILES string of the molecule is COC(CNC(=O)c1ccc(/C=C2\Sc3ccccc3N(Cc3cc(C)ccc3C)C2=O)cc1)OC. The van der Waals surface area contributed by atoms with Gasteiger partial charge in [0.1, 0.15) is 0 Å². The number of para-hydroxylation sites is 1. The molecule has 0 aromatic heterocycles. The Labute approximate surface area is 216 Å². The third-order valence-electron chi connectivity index (χ3n) is 6.09. The van der Waals surface area contributed by atoms with Crippen LogP contribution in [0.3, 0.4) is 0 Å². The zero-order chi connectivity index (χ0) is 25.7. The van der Waals surface area contributed by atoms with Crippen molar-refractivity contribution in [2.75, 3.05) is 25.7 Å². The minimum Gasteiger partial charge on any atom is -0.354 e. The molecular weight excluding hydrogens is 472 g/mol. The topological polar surface area (TPSA) is 67.9 Å². The molecule has 36 heavy (non-hydrogen) atoms. The lowest BCUT2D eigenvalue weighted by atomic mass is 10.0. The summed E-state index contributed by atoms with van der Waals surface area (Å²) in [6, 6.07) is 21.5. The molecule has 186 valence electrons. The third-order valence-corrected chi connectivity index (χ3v) is 7.17. The molecule has 0 atom stereocenters. The fourth-order valence-electron chi connectivity index (χ4n) is 3.98. The Hall–Kier alpha value is -3.39. The number of methoxy groups -OCH3 is 2. The van der Waals surface area contributed by atoms with Crippen LogP contribution in [0.1, 0.15) is 32.6 Å². The summed E-state index contributed by atoms with van der Waals surface area (Å²) in [5.41, 5.74) is 5.74. The van der Waals surface area contributed by atoms with Crippen LogP contribution in [0.4, 0.5) is 5.69 Å². The summed E-state index contributed by atoms with van der Waals surface area (Å²) in [5, 5.41) is 2.79. The van der Waals surface area contributed by atoms with Crippen LogP contribution < -0.4 is 10.2 Å². The molecule has 0 saturated heterocycles. The lowest BCUT2D eigenvalue weighted by Crippen LogP contribution is -2.34. The van der Waals surface area contributed by atoms with E-state index in [2.05, 4.69) is 37.4 Å². The molecule has 0 saturated carbocycles. The highest BCUT2D eigenvalue weighted by Gasteiger charge is 2.29. The van der Waals surface area contributed by atoms with Crippen LogP contribution in [-0.4, -0.2) is 38.9 Å². The molecule has 7 heteroatoms. The van der Waals surface area contributed by atoms with Gasteiger partial charge in [0.15, 0.2) is 6.29 Å². The number of aryl methyl sites for hydroxylation is 2. The number of amides is 2. The van der Waals surface area contributed by atoms with Gasteiger partial charge in [-0.1, -0.05) is 59.8 Å². The van der Waals surface area contributed by atoms with Crippen molar-refractivity contribution in [3.05, 3.63) is 99.5 Å². The fraction of sp³-hybridized carbons (Fsp3) is 0.241. The van der Waals surface area contributed by atoms with Gasteiger partial charge in [-0.05, 0) is 60.9 Å². The Morgan fingerprint density at radius 3 is 2.47 bits per heavy atom. The molecule has 3 aromatic carbocycles. The number of carbonyl (C=O) groups is 2. The summed E-state index contributed by atoms with van der Waals surface area (Å²) in [7, 11) is 3.05. The second-order valence-electron chi connectivity index (χ2n) is 8.63. The van der Waals surface area contributed by atoms with Crippen molar-refractivity contribution >= 4 is 35.3 Å². The van der Waals surface area contributed by atoms with Crippen LogP contribution >= 0.6 is 11.8 Å². The van der Waals surface area contributed by atoms with E-state index in [4.69, 9.17) is 9.47 Å². The quantitative estimate of drug-likeness (QED) is 0.333. The van der Waals surface area contributed by atoms with E-state index in [0.29, 0.717) is 17.0 Å². The summed E-state index contributed by atoms with van der Waals surface area (Å²) in [5.74, 6) is -0.253. The molecule has 2 amide bonds. The number of benzene rings is 3. The number of hydrogen-bond donors (Lipinski definition) is 1. The molecule has 0 spiro atoms. The molecule has 0 unspecified atom stereocenters. The fourth-order valence-corrected chi connectivity index (χ4v) is 5.04. The Morgan fingerprint density at radius 1 is 1.03 bits per heavy atom. The molecule has 3 aromatic rings. The lowest BCUT2D eigenvalue weighted by molar-refractivity contribution is -0.114. The highest BCUT2D eigenvalue weighted by molar-refractivity contribution is 8.04. The van der Waals surface area contributed by atoms with Gasteiger partial charge >= 0.3 is 0 Å². The second-order valence-corrected chi connectivity index (χ2v) is 9.72. The summed E-state index contributed by atoms with van der Waals surface area (Å²) in [6.07, 6.45) is 1.38. The van der Waals surface area contributed by atoms with E-state index in [1.807, 2.05) is 47.4 Å². The average Bonchev–Trinajstić information content (AvgIpc) is 2.89. The average molecular weight is 503 g/mol. The van der Waals surface area contributed by atoms with Gasteiger partial charge in [-0.15, -0.1) is 0 Å². The summed E-state index contributed by atoms with van der Waals surface area (Å²) in [4.78, 5) is 29.6. The van der Waals surface area contributed by atoms with Gasteiger partial charge in [-0.2, -0.15) is 0 Å². The zero-order valence-corrected chi connectivity index (χ0v) is 21.7. The van der Waals surface area contributed by atoms with E-state index in [1.165, 1.54) is 31.5 Å². The highest BCUT2D eigenvalue weighted by atomic mass is 32.2. The van der Waals surface area contributed by atoms with Crippen molar-refractivity contribution in [3.63, 3.8) is 0 Å². The number of nitrogens with zero attached hydrogens (tertiary/aromatic N) is 1. The number of ether oxygens (including phenoxy) is 2. The van der Waals surface area contributed by atoms with Crippen LogP contribution in [0.25, 0.3) is 6.08 Å². The van der Waals surface area contributed by atoms with Crippen LogP contribution in [0.5, 0.6) is 0 Å². The van der Waals surface area contributed by atoms with Gasteiger partial charge in [-0.25, -0.2) is 0 Å². The first-order valence-electron chi connectivity index (χ1n) is 11.7. The first kappa shape index (κ1) is 25.7. The molecular formula is C29H30N2O4S. The van der Waals surface area contributed by atoms with Crippen molar-refractivity contribution in [1.29, 1.82) is 0 Å². The van der Waals surface area contributed by atoms with Crippen molar-refractivity contribution in [3.8, 4) is 0 Å². The summed E-state index contributed by atoms with van der Waals surface area (Å²) < 4.78 is 10.2. The van der Waals surface area contributed by atoms with Crippen LogP contribution in [-0.2, 0) is 20.8 Å². The van der Waals surface area contributed by atoms with Crippen molar-refractivity contribution < 1.29 is 19.1 Å². The maximum atomic E-state index is 13.6. The zero-order valence-electron chi connectivity index (χ0n) is 20.9. The largest absolute Gasteiger partial charge is 0.354 e. The molecule has 4 rings (SSSR count). The molecule has 0 aliphatic carbocycles. The molecule has 1 aliphatic rings. The molecule has 6 nitrogen and oxygen atoms in total. The smallest absolute Gasteiger partial charge is 0.265 e. The summed E-state index contributed by atoms with van der Waals surface area (Å²) in [6.45, 7) is 4.89. The van der Waals surface area contributed by atoms with Gasteiger partial charge in [-0.3, -0.25) is 9.59 Å². The maximum absolute atomic E-state index is 13.6. The van der Waals surface area contributed by atoms with E-state index in [1.54, 1.807) is 12.1 Å². The molecule has 1 heterocycles. The van der Waals surface area contributed by atoms with E-state index in [0.717, 1.165) is 27.3 Å². The van der Waals surface area contributed by atoms with Crippen molar-refractivity contribution in [2.24, 2.45) is 0 Å². The van der Waals surface area contributed by atoms with E-state index >= 15 is 0 Å². The van der Waals surface area contributed by atoms with Crippen LogP contribution in [0.15, 0.2) is 76.5 Å². The van der Waals surface area contributed by atoms with E-state index < -0.39 is 6.29 Å². The lowest BCUT2D eigenvalue weighted by Gasteiger charge is -2.31. The van der Waals surface area contributed by atoms with E-state index in [-0.39, 0.29) is 18.4 Å². The monoisotopic (exact) mass is 502 g/mol. The van der Waals surface area contributed by atoms with Gasteiger partial charge < -0.3 is 19.7 Å². The number of hydrogen-bond acceptors (Lipinski definition) is 5. The number of nitrogens with one attached hydrogen (secondary N) is 1. The number of anilines is 1. The number of fused-ring (bicyclic) bond motifs is 1. The Bertz CT molecular complexity index is 1280. The Balaban J connectivity index is 1.56. The first-order chi connectivity index (χ1) is 17.4. The van der Waals surface area contributed by atoms with Gasteiger partial charge in [0.2, 0.25) is 0 Å². The maximum Gasteiger partial charge on any atom is 0.265 e. The standard InChI is InChI=1S/C29H30N2O4S/c1-19-9-10-20(2)23(15-19)18-31-24-7-5-6-8-25(24)36-26(29(31)33)16-21-11-13-22(14-12-21)28(32)30-17-27(34-3)35-4/h5-16,27H,17-18H2,1-4H3,(H,30,32)/b26-16-. The van der Waals surface area contributed by atoms with E-state index in [9.17, 15) is 9.59 Å². The molecule has 0 fully saturated rings. The molecule has 0 radical (unpaired) electrons. The molecule has 1 N–H and O–H groups in total. The van der Waals surface area contributed by atoms with Gasteiger partial charge in [0.05, 0.1) is 23.7 Å². The minimum atomic E-state index is -0.498. The molecule has 0 bridgehead atoms. The summed E-state index contributed by atoms with van der Waals surface area (Å²) >= 11 is 1.47. The number of rotatable bonds is 8. The Morgan fingerprint density at radius 2 is 1.75 bits per heavy atom. The Kier molecular flexibility index (Phi) is 8.25. The number of thioether (sulfide) groups is 1. The normalized spacial score (nSPS) is 14.3. The third kappa shape index (κ3) is 5.87. The predicted octanol–water partition coefficient (Wildman–Crippen LogP) is 5.33. The minimum absolute atomic E-state index is 0.0356.